The van der Waals surface area contributed by atoms with Gasteiger partial charge >= 0.3 is 0 Å². The van der Waals surface area contributed by atoms with Crippen LogP contribution in [0, 0.1) is 10.1 Å². The van der Waals surface area contributed by atoms with Crippen molar-refractivity contribution in [3.63, 3.8) is 0 Å². The van der Waals surface area contributed by atoms with Crippen LogP contribution in [-0.2, 0) is 9.59 Å². The molecule has 0 aliphatic carbocycles. The third-order valence-electron chi connectivity index (χ3n) is 2.78. The normalized spacial score (nSPS) is 18.2. The van der Waals surface area contributed by atoms with Crippen molar-refractivity contribution in [2.75, 3.05) is 18.4 Å². The van der Waals surface area contributed by atoms with Crippen molar-refractivity contribution in [1.29, 1.82) is 0 Å². The van der Waals surface area contributed by atoms with Gasteiger partial charge in [0.25, 0.3) is 5.69 Å². The van der Waals surface area contributed by atoms with Crippen molar-refractivity contribution in [2.24, 2.45) is 0 Å². The maximum Gasteiger partial charge on any atom is 0.271 e. The number of non-ortho nitro benzene ring substituents is 1. The molecule has 0 aromatic heterocycles. The van der Waals surface area contributed by atoms with Gasteiger partial charge in [-0.25, -0.2) is 0 Å². The van der Waals surface area contributed by atoms with E-state index in [1.54, 1.807) is 0 Å². The van der Waals surface area contributed by atoms with Crippen molar-refractivity contribution in [1.82, 2.24) is 10.6 Å². The third kappa shape index (κ3) is 3.01. The van der Waals surface area contributed by atoms with E-state index in [9.17, 15) is 24.8 Å². The van der Waals surface area contributed by atoms with Gasteiger partial charge in [0.05, 0.1) is 17.2 Å². The minimum absolute atomic E-state index is 0.0129. The van der Waals surface area contributed by atoms with Gasteiger partial charge < -0.3 is 15.7 Å². The number of nitrogens with one attached hydrogen (secondary N) is 3. The highest BCUT2D eigenvalue weighted by atomic mass is 16.6. The lowest BCUT2D eigenvalue weighted by Crippen LogP contribution is -2.56. The molecule has 1 aliphatic rings. The average molecular weight is 280 g/mol. The molecule has 1 fully saturated rings. The van der Waals surface area contributed by atoms with Gasteiger partial charge in [-0.1, -0.05) is 0 Å². The maximum absolute atomic E-state index is 11.9. The Morgan fingerprint density at radius 3 is 2.85 bits per heavy atom. The minimum atomic E-state index is -0.661. The number of phenolic OH excluding ortho intramolecular Hbond substituents is 1. The number of hydrogen-bond acceptors (Lipinski definition) is 6. The number of hydrogen-bond donors (Lipinski definition) is 4. The molecular formula is C11H12N4O5. The second kappa shape index (κ2) is 5.53. The van der Waals surface area contributed by atoms with Crippen LogP contribution in [-0.4, -0.2) is 41.0 Å². The number of carbonyl (C=O) groups is 2. The molecule has 1 heterocycles. The lowest BCUT2D eigenvalue weighted by Gasteiger charge is -2.23. The second-order valence-corrected chi connectivity index (χ2v) is 4.19. The number of rotatable bonds is 3. The summed E-state index contributed by atoms with van der Waals surface area (Å²) >= 11 is 0. The molecular weight excluding hydrogens is 268 g/mol. The van der Waals surface area contributed by atoms with E-state index in [-0.39, 0.29) is 36.1 Å². The van der Waals surface area contributed by atoms with E-state index < -0.39 is 16.9 Å². The van der Waals surface area contributed by atoms with Crippen molar-refractivity contribution in [3.8, 4) is 5.75 Å². The molecule has 9 nitrogen and oxygen atoms in total. The standard InChI is InChI=1S/C11H12N4O5/c16-9-2-1-6(15(19)20)3-7(9)14-11(18)8-4-13-10(17)5-12-8/h1-3,8,12,16H,4-5H2,(H,13,17)(H,14,18). The van der Waals surface area contributed by atoms with Crippen LogP contribution in [0.15, 0.2) is 18.2 Å². The molecule has 0 bridgehead atoms. The molecule has 1 saturated heterocycles. The van der Waals surface area contributed by atoms with Crippen molar-refractivity contribution in [3.05, 3.63) is 28.3 Å². The van der Waals surface area contributed by atoms with Gasteiger partial charge in [0.2, 0.25) is 11.8 Å². The molecule has 1 aromatic rings. The summed E-state index contributed by atoms with van der Waals surface area (Å²) in [5.74, 6) is -0.989. The summed E-state index contributed by atoms with van der Waals surface area (Å²) in [6.07, 6.45) is 0. The van der Waals surface area contributed by atoms with Gasteiger partial charge in [-0.3, -0.25) is 25.0 Å². The van der Waals surface area contributed by atoms with E-state index >= 15 is 0 Å². The Kier molecular flexibility index (Phi) is 3.80. The number of anilines is 1. The van der Waals surface area contributed by atoms with Crippen molar-refractivity contribution < 1.29 is 19.6 Å². The smallest absolute Gasteiger partial charge is 0.271 e. The van der Waals surface area contributed by atoms with Crippen LogP contribution in [0.5, 0.6) is 5.75 Å². The Bertz CT molecular complexity index is 564. The molecule has 1 unspecified atom stereocenters. The lowest BCUT2D eigenvalue weighted by atomic mass is 10.2. The summed E-state index contributed by atoms with van der Waals surface area (Å²) in [5.41, 5.74) is -0.300. The molecule has 2 amide bonds. The number of benzene rings is 1. The van der Waals surface area contributed by atoms with E-state index in [2.05, 4.69) is 16.0 Å². The fourth-order valence-corrected chi connectivity index (χ4v) is 1.71. The Labute approximate surface area is 113 Å². The number of aromatic hydroxyl groups is 1. The van der Waals surface area contributed by atoms with Gasteiger partial charge in [-0.15, -0.1) is 0 Å². The quantitative estimate of drug-likeness (QED) is 0.329. The lowest BCUT2D eigenvalue weighted by molar-refractivity contribution is -0.384. The predicted octanol–water partition coefficient (Wildman–Crippen LogP) is -0.673. The summed E-state index contributed by atoms with van der Waals surface area (Å²) in [7, 11) is 0. The summed E-state index contributed by atoms with van der Waals surface area (Å²) in [4.78, 5) is 32.9. The number of nitrogens with zero attached hydrogens (tertiary/aromatic N) is 1. The second-order valence-electron chi connectivity index (χ2n) is 4.19. The highest BCUT2D eigenvalue weighted by molar-refractivity contribution is 5.97. The highest BCUT2D eigenvalue weighted by Gasteiger charge is 2.24. The van der Waals surface area contributed by atoms with Crippen LogP contribution in [0.2, 0.25) is 0 Å². The first kappa shape index (κ1) is 13.7. The van der Waals surface area contributed by atoms with Crippen LogP contribution in [0.1, 0.15) is 0 Å². The molecule has 0 radical (unpaired) electrons. The summed E-state index contributed by atoms with van der Waals surface area (Å²) in [5, 5.41) is 27.8. The zero-order valence-corrected chi connectivity index (χ0v) is 10.3. The van der Waals surface area contributed by atoms with Gasteiger partial charge in [0.1, 0.15) is 11.8 Å². The monoisotopic (exact) mass is 280 g/mol. The topological polar surface area (TPSA) is 134 Å². The van der Waals surface area contributed by atoms with Crippen molar-refractivity contribution in [2.45, 2.75) is 6.04 Å². The Morgan fingerprint density at radius 1 is 1.50 bits per heavy atom. The molecule has 106 valence electrons. The summed E-state index contributed by atoms with van der Waals surface area (Å²) in [6.45, 7) is 0.124. The summed E-state index contributed by atoms with van der Waals surface area (Å²) in [6, 6.07) is 2.66. The first-order valence-corrected chi connectivity index (χ1v) is 5.75. The predicted molar refractivity (Wildman–Crippen MR) is 68.2 cm³/mol. The number of carbonyl (C=O) groups excluding carboxylic acids is 2. The zero-order valence-electron chi connectivity index (χ0n) is 10.3. The van der Waals surface area contributed by atoms with E-state index in [0.717, 1.165) is 18.2 Å². The van der Waals surface area contributed by atoms with E-state index in [0.29, 0.717) is 0 Å². The maximum atomic E-state index is 11.9. The van der Waals surface area contributed by atoms with Gasteiger partial charge in [0, 0.05) is 18.7 Å². The molecule has 0 spiro atoms. The number of piperazine rings is 1. The molecule has 20 heavy (non-hydrogen) atoms. The molecule has 9 heteroatoms. The fraction of sp³-hybridized carbons (Fsp3) is 0.273. The number of nitro benzene ring substituents is 1. The number of phenols is 1. The minimum Gasteiger partial charge on any atom is -0.506 e. The van der Waals surface area contributed by atoms with Crippen LogP contribution < -0.4 is 16.0 Å². The first-order chi connectivity index (χ1) is 9.47. The van der Waals surface area contributed by atoms with Gasteiger partial charge in [-0.05, 0) is 6.07 Å². The Balaban J connectivity index is 2.09. The third-order valence-corrected chi connectivity index (χ3v) is 2.78. The Hall–Kier alpha value is -2.68. The summed E-state index contributed by atoms with van der Waals surface area (Å²) < 4.78 is 0. The number of nitro groups is 1. The van der Waals surface area contributed by atoms with Gasteiger partial charge in [0.15, 0.2) is 0 Å². The van der Waals surface area contributed by atoms with Crippen LogP contribution >= 0.6 is 0 Å². The van der Waals surface area contributed by atoms with E-state index in [4.69, 9.17) is 0 Å². The van der Waals surface area contributed by atoms with Crippen molar-refractivity contribution >= 4 is 23.2 Å². The van der Waals surface area contributed by atoms with Crippen LogP contribution in [0.3, 0.4) is 0 Å². The Morgan fingerprint density at radius 2 is 2.25 bits per heavy atom. The molecule has 0 saturated carbocycles. The molecule has 1 aromatic carbocycles. The fourth-order valence-electron chi connectivity index (χ4n) is 1.71. The number of amides is 2. The molecule has 1 aliphatic heterocycles. The SMILES string of the molecule is O=C1CNC(C(=O)Nc2cc([N+](=O)[O-])ccc2O)CN1. The molecule has 2 rings (SSSR count). The molecule has 1 atom stereocenters. The first-order valence-electron chi connectivity index (χ1n) is 5.75. The van der Waals surface area contributed by atoms with Gasteiger partial charge in [-0.2, -0.15) is 0 Å². The highest BCUT2D eigenvalue weighted by Crippen LogP contribution is 2.27. The average Bonchev–Trinajstić information content (AvgIpc) is 2.41. The van der Waals surface area contributed by atoms with E-state index in [1.165, 1.54) is 0 Å². The van der Waals surface area contributed by atoms with Crippen LogP contribution in [0.4, 0.5) is 11.4 Å². The van der Waals surface area contributed by atoms with Crippen LogP contribution in [0.25, 0.3) is 0 Å². The van der Waals surface area contributed by atoms with E-state index in [1.807, 2.05) is 0 Å². The molecule has 4 N–H and O–H groups in total. The zero-order chi connectivity index (χ0) is 14.7. The largest absolute Gasteiger partial charge is 0.506 e.